The van der Waals surface area contributed by atoms with Crippen LogP contribution in [-0.2, 0) is 6.54 Å². The first kappa shape index (κ1) is 12.8. The van der Waals surface area contributed by atoms with E-state index in [2.05, 4.69) is 50.3 Å². The van der Waals surface area contributed by atoms with Gasteiger partial charge in [0.05, 0.1) is 6.54 Å². The Balaban J connectivity index is 1.55. The number of anilines is 1. The van der Waals surface area contributed by atoms with Gasteiger partial charge < -0.3 is 4.90 Å². The summed E-state index contributed by atoms with van der Waals surface area (Å²) in [4.78, 5) is 4.82. The standard InChI is InChI=1S/C13H15ClN4S/c14-13-16-15-12(19-13)10-17-6-8-18(9-7-17)11-4-2-1-3-5-11/h1-5H,6-10H2. The van der Waals surface area contributed by atoms with Crippen molar-refractivity contribution in [2.75, 3.05) is 31.1 Å². The fourth-order valence-corrected chi connectivity index (χ4v) is 3.20. The van der Waals surface area contributed by atoms with Crippen LogP contribution in [0.1, 0.15) is 5.01 Å². The minimum Gasteiger partial charge on any atom is -0.369 e. The van der Waals surface area contributed by atoms with E-state index in [1.54, 1.807) is 0 Å². The Labute approximate surface area is 121 Å². The molecule has 4 nitrogen and oxygen atoms in total. The zero-order valence-electron chi connectivity index (χ0n) is 10.5. The Morgan fingerprint density at radius 3 is 2.42 bits per heavy atom. The monoisotopic (exact) mass is 294 g/mol. The molecule has 0 amide bonds. The fraction of sp³-hybridized carbons (Fsp3) is 0.385. The van der Waals surface area contributed by atoms with Gasteiger partial charge in [0.25, 0.3) is 0 Å². The minimum atomic E-state index is 0.526. The Hall–Kier alpha value is -1.17. The quantitative estimate of drug-likeness (QED) is 0.871. The molecule has 3 rings (SSSR count). The largest absolute Gasteiger partial charge is 0.369 e. The van der Waals surface area contributed by atoms with Crippen LogP contribution in [-0.4, -0.2) is 41.3 Å². The third-order valence-electron chi connectivity index (χ3n) is 3.29. The van der Waals surface area contributed by atoms with E-state index in [1.807, 2.05) is 0 Å². The van der Waals surface area contributed by atoms with Crippen molar-refractivity contribution in [3.8, 4) is 0 Å². The van der Waals surface area contributed by atoms with Crippen LogP contribution < -0.4 is 4.90 Å². The predicted molar refractivity (Wildman–Crippen MR) is 78.9 cm³/mol. The van der Waals surface area contributed by atoms with Crippen molar-refractivity contribution in [2.24, 2.45) is 0 Å². The molecule has 0 N–H and O–H groups in total. The molecule has 2 aromatic rings. The molecule has 0 aliphatic carbocycles. The molecule has 19 heavy (non-hydrogen) atoms. The number of hydrogen-bond donors (Lipinski definition) is 0. The highest BCUT2D eigenvalue weighted by Crippen LogP contribution is 2.19. The highest BCUT2D eigenvalue weighted by molar-refractivity contribution is 7.15. The number of rotatable bonds is 3. The molecular weight excluding hydrogens is 280 g/mol. The van der Waals surface area contributed by atoms with Crippen LogP contribution in [0.15, 0.2) is 30.3 Å². The van der Waals surface area contributed by atoms with Gasteiger partial charge in [0.2, 0.25) is 4.47 Å². The molecule has 1 fully saturated rings. The lowest BCUT2D eigenvalue weighted by Gasteiger charge is -2.35. The number of aromatic nitrogens is 2. The lowest BCUT2D eigenvalue weighted by atomic mass is 10.2. The Morgan fingerprint density at radius 2 is 1.79 bits per heavy atom. The molecule has 1 saturated heterocycles. The summed E-state index contributed by atoms with van der Waals surface area (Å²) in [7, 11) is 0. The van der Waals surface area contributed by atoms with Crippen molar-refractivity contribution in [1.82, 2.24) is 15.1 Å². The molecule has 0 radical (unpaired) electrons. The summed E-state index contributed by atoms with van der Waals surface area (Å²) in [5.41, 5.74) is 1.31. The maximum atomic E-state index is 5.80. The summed E-state index contributed by atoms with van der Waals surface area (Å²) in [5.74, 6) is 0. The Bertz CT molecular complexity index is 522. The van der Waals surface area contributed by atoms with Crippen molar-refractivity contribution in [1.29, 1.82) is 0 Å². The summed E-state index contributed by atoms with van der Waals surface area (Å²) < 4.78 is 0.526. The molecule has 0 bridgehead atoms. The van der Waals surface area contributed by atoms with Crippen molar-refractivity contribution in [3.63, 3.8) is 0 Å². The summed E-state index contributed by atoms with van der Waals surface area (Å²) in [6, 6.07) is 10.6. The van der Waals surface area contributed by atoms with E-state index in [9.17, 15) is 0 Å². The molecule has 1 aliphatic heterocycles. The summed E-state index contributed by atoms with van der Waals surface area (Å²) >= 11 is 7.27. The maximum absolute atomic E-state index is 5.80. The first-order valence-electron chi connectivity index (χ1n) is 6.31. The molecule has 0 saturated carbocycles. The van der Waals surface area contributed by atoms with Crippen molar-refractivity contribution in [2.45, 2.75) is 6.54 Å². The van der Waals surface area contributed by atoms with E-state index >= 15 is 0 Å². The maximum Gasteiger partial charge on any atom is 0.207 e. The van der Waals surface area contributed by atoms with Gasteiger partial charge in [-0.2, -0.15) is 0 Å². The van der Waals surface area contributed by atoms with Gasteiger partial charge in [-0.25, -0.2) is 0 Å². The molecule has 100 valence electrons. The minimum absolute atomic E-state index is 0.526. The fourth-order valence-electron chi connectivity index (χ4n) is 2.29. The third kappa shape index (κ3) is 3.23. The van der Waals surface area contributed by atoms with Crippen LogP contribution in [0, 0.1) is 0 Å². The van der Waals surface area contributed by atoms with Gasteiger partial charge in [-0.1, -0.05) is 29.5 Å². The summed E-state index contributed by atoms with van der Waals surface area (Å²) in [5, 5.41) is 8.91. The zero-order chi connectivity index (χ0) is 13.1. The molecule has 2 heterocycles. The Kier molecular flexibility index (Phi) is 3.96. The van der Waals surface area contributed by atoms with E-state index in [0.29, 0.717) is 4.47 Å². The lowest BCUT2D eigenvalue weighted by Crippen LogP contribution is -2.45. The molecule has 0 atom stereocenters. The van der Waals surface area contributed by atoms with Gasteiger partial charge in [0.15, 0.2) is 0 Å². The van der Waals surface area contributed by atoms with Crippen LogP contribution in [0.3, 0.4) is 0 Å². The zero-order valence-corrected chi connectivity index (χ0v) is 12.1. The van der Waals surface area contributed by atoms with Crippen LogP contribution >= 0.6 is 22.9 Å². The first-order valence-corrected chi connectivity index (χ1v) is 7.51. The molecule has 6 heteroatoms. The van der Waals surface area contributed by atoms with E-state index in [-0.39, 0.29) is 0 Å². The average molecular weight is 295 g/mol. The topological polar surface area (TPSA) is 32.3 Å². The highest BCUT2D eigenvalue weighted by atomic mass is 35.5. The lowest BCUT2D eigenvalue weighted by molar-refractivity contribution is 0.249. The van der Waals surface area contributed by atoms with Gasteiger partial charge >= 0.3 is 0 Å². The Morgan fingerprint density at radius 1 is 1.05 bits per heavy atom. The van der Waals surface area contributed by atoms with Crippen molar-refractivity contribution < 1.29 is 0 Å². The predicted octanol–water partition coefficient (Wildman–Crippen LogP) is 2.51. The highest BCUT2D eigenvalue weighted by Gasteiger charge is 2.18. The number of para-hydroxylation sites is 1. The molecular formula is C13H15ClN4S. The number of benzene rings is 1. The van der Waals surface area contributed by atoms with Crippen molar-refractivity contribution >= 4 is 28.6 Å². The number of piperazine rings is 1. The van der Waals surface area contributed by atoms with E-state index in [1.165, 1.54) is 17.0 Å². The van der Waals surface area contributed by atoms with Crippen LogP contribution in [0.2, 0.25) is 4.47 Å². The first-order chi connectivity index (χ1) is 9.31. The summed E-state index contributed by atoms with van der Waals surface area (Å²) in [6.45, 7) is 5.05. The van der Waals surface area contributed by atoms with Crippen LogP contribution in [0.4, 0.5) is 5.69 Å². The van der Waals surface area contributed by atoms with E-state index in [4.69, 9.17) is 11.6 Å². The van der Waals surface area contributed by atoms with Crippen LogP contribution in [0.25, 0.3) is 0 Å². The summed E-state index contributed by atoms with van der Waals surface area (Å²) in [6.07, 6.45) is 0. The van der Waals surface area contributed by atoms with Gasteiger partial charge in [0, 0.05) is 31.9 Å². The molecule has 1 aromatic carbocycles. The third-order valence-corrected chi connectivity index (χ3v) is 4.30. The molecule has 1 aliphatic rings. The SMILES string of the molecule is Clc1nnc(CN2CCN(c3ccccc3)CC2)s1. The van der Waals surface area contributed by atoms with Gasteiger partial charge in [-0.3, -0.25) is 4.90 Å². The second-order valence-electron chi connectivity index (χ2n) is 4.55. The number of hydrogen-bond acceptors (Lipinski definition) is 5. The van der Waals surface area contributed by atoms with Gasteiger partial charge in [-0.05, 0) is 23.7 Å². The number of nitrogens with zero attached hydrogens (tertiary/aromatic N) is 4. The average Bonchev–Trinajstić information content (AvgIpc) is 2.86. The molecule has 1 aromatic heterocycles. The number of halogens is 1. The van der Waals surface area contributed by atoms with E-state index in [0.717, 1.165) is 37.7 Å². The molecule has 0 spiro atoms. The van der Waals surface area contributed by atoms with E-state index < -0.39 is 0 Å². The second-order valence-corrected chi connectivity index (χ2v) is 6.19. The van der Waals surface area contributed by atoms with Gasteiger partial charge in [0.1, 0.15) is 5.01 Å². The van der Waals surface area contributed by atoms with Crippen molar-refractivity contribution in [3.05, 3.63) is 39.8 Å². The van der Waals surface area contributed by atoms with Gasteiger partial charge in [-0.15, -0.1) is 10.2 Å². The molecule has 0 unspecified atom stereocenters. The normalized spacial score (nSPS) is 16.8. The van der Waals surface area contributed by atoms with Crippen LogP contribution in [0.5, 0.6) is 0 Å². The smallest absolute Gasteiger partial charge is 0.207 e. The second kappa shape index (κ2) is 5.86.